The van der Waals surface area contributed by atoms with Gasteiger partial charge in [0.05, 0.1) is 29.1 Å². The fourth-order valence-electron chi connectivity index (χ4n) is 6.85. The molecular formula is C38H35N9O2. The minimum absolute atomic E-state index is 0.0151. The van der Waals surface area contributed by atoms with Crippen LogP contribution in [0.2, 0.25) is 0 Å². The molecule has 6 heterocycles. The highest BCUT2D eigenvalue weighted by Crippen LogP contribution is 2.34. The van der Waals surface area contributed by atoms with Gasteiger partial charge in [-0.1, -0.05) is 24.3 Å². The Kier molecular flexibility index (Phi) is 8.22. The summed E-state index contributed by atoms with van der Waals surface area (Å²) in [4.78, 5) is 55.2. The number of rotatable bonds is 8. The summed E-state index contributed by atoms with van der Waals surface area (Å²) in [5.74, 6) is 1.73. The van der Waals surface area contributed by atoms with Crippen LogP contribution in [0.25, 0.3) is 33.2 Å². The van der Waals surface area contributed by atoms with Crippen molar-refractivity contribution in [1.82, 2.24) is 39.7 Å². The number of H-pyrrole nitrogens is 1. The first-order chi connectivity index (χ1) is 24.1. The highest BCUT2D eigenvalue weighted by atomic mass is 16.2. The Morgan fingerprint density at radius 1 is 0.755 bits per heavy atom. The summed E-state index contributed by atoms with van der Waals surface area (Å²) in [6, 6.07) is 19.8. The molecule has 6 aromatic rings. The van der Waals surface area contributed by atoms with Gasteiger partial charge in [-0.3, -0.25) is 19.6 Å². The number of pyridine rings is 2. The van der Waals surface area contributed by atoms with E-state index in [2.05, 4.69) is 66.6 Å². The smallest absolute Gasteiger partial charge is 0.256 e. The van der Waals surface area contributed by atoms with Crippen molar-refractivity contribution in [2.45, 2.75) is 25.3 Å². The third kappa shape index (κ3) is 6.34. The van der Waals surface area contributed by atoms with E-state index in [1.54, 1.807) is 49.1 Å². The summed E-state index contributed by atoms with van der Waals surface area (Å²) in [5.41, 5.74) is 5.15. The molecule has 0 radical (unpaired) electrons. The summed E-state index contributed by atoms with van der Waals surface area (Å²) < 4.78 is 0. The van der Waals surface area contributed by atoms with E-state index < -0.39 is 0 Å². The molecule has 2 amide bonds. The van der Waals surface area contributed by atoms with E-state index in [0.29, 0.717) is 42.6 Å². The normalized spacial score (nSPS) is 17.5. The number of aromatic amines is 1. The molecule has 0 aliphatic carbocycles. The van der Waals surface area contributed by atoms with Crippen molar-refractivity contribution in [2.24, 2.45) is 5.92 Å². The lowest BCUT2D eigenvalue weighted by Crippen LogP contribution is -2.31. The molecule has 4 aromatic heterocycles. The molecule has 2 aromatic carbocycles. The molecule has 0 saturated carbocycles. The highest BCUT2D eigenvalue weighted by molar-refractivity contribution is 5.95. The van der Waals surface area contributed by atoms with Crippen molar-refractivity contribution in [3.63, 3.8) is 0 Å². The van der Waals surface area contributed by atoms with Gasteiger partial charge in [0.1, 0.15) is 5.82 Å². The van der Waals surface area contributed by atoms with Crippen LogP contribution in [-0.2, 0) is 0 Å². The fraction of sp³-hybridized carbons (Fsp3) is 0.237. The predicted octanol–water partition coefficient (Wildman–Crippen LogP) is 6.03. The molecule has 11 heteroatoms. The van der Waals surface area contributed by atoms with Crippen LogP contribution in [0.4, 0.5) is 5.95 Å². The number of likely N-dealkylation sites (tertiary alicyclic amines) is 2. The van der Waals surface area contributed by atoms with E-state index in [9.17, 15) is 9.59 Å². The van der Waals surface area contributed by atoms with Crippen LogP contribution in [0.3, 0.4) is 0 Å². The van der Waals surface area contributed by atoms with Gasteiger partial charge in [0, 0.05) is 74.5 Å². The number of aromatic nitrogens is 6. The number of anilines is 1. The van der Waals surface area contributed by atoms with Crippen molar-refractivity contribution >= 4 is 28.5 Å². The Labute approximate surface area is 283 Å². The average molecular weight is 650 g/mol. The molecule has 2 N–H and O–H groups in total. The fourth-order valence-corrected chi connectivity index (χ4v) is 6.85. The number of carbonyl (C=O) groups excluding carboxylic acids is 2. The van der Waals surface area contributed by atoms with E-state index in [0.717, 1.165) is 64.8 Å². The van der Waals surface area contributed by atoms with Crippen LogP contribution in [-0.4, -0.2) is 77.7 Å². The van der Waals surface area contributed by atoms with Crippen LogP contribution in [0.15, 0.2) is 104 Å². The molecule has 2 fully saturated rings. The summed E-state index contributed by atoms with van der Waals surface area (Å²) in [6.07, 6.45) is 14.9. The quantitative estimate of drug-likeness (QED) is 0.204. The number of fused-ring (bicyclic) bond motifs is 1. The van der Waals surface area contributed by atoms with Crippen molar-refractivity contribution in [3.8, 4) is 22.4 Å². The van der Waals surface area contributed by atoms with Crippen LogP contribution < -0.4 is 5.32 Å². The van der Waals surface area contributed by atoms with Crippen molar-refractivity contribution < 1.29 is 9.59 Å². The molecule has 0 spiro atoms. The minimum Gasteiger partial charge on any atom is -0.354 e. The van der Waals surface area contributed by atoms with E-state index in [-0.39, 0.29) is 17.9 Å². The number of nitrogens with one attached hydrogen (secondary N) is 2. The number of carbonyl (C=O) groups is 2. The molecule has 2 aliphatic rings. The zero-order valence-electron chi connectivity index (χ0n) is 26.9. The summed E-state index contributed by atoms with van der Waals surface area (Å²) in [5, 5.41) is 5.57. The zero-order valence-corrected chi connectivity index (χ0v) is 26.9. The van der Waals surface area contributed by atoms with Crippen LogP contribution in [0.1, 0.15) is 51.8 Å². The van der Waals surface area contributed by atoms with Crippen LogP contribution >= 0.6 is 0 Å². The lowest BCUT2D eigenvalue weighted by molar-refractivity contribution is 0.0729. The van der Waals surface area contributed by atoms with E-state index >= 15 is 0 Å². The molecule has 244 valence electrons. The number of benzene rings is 2. The first kappa shape index (κ1) is 30.4. The molecule has 0 unspecified atom stereocenters. The molecule has 2 saturated heterocycles. The lowest BCUT2D eigenvalue weighted by atomic mass is 10.0. The van der Waals surface area contributed by atoms with Crippen LogP contribution in [0, 0.1) is 5.92 Å². The number of hydrogen-bond donors (Lipinski definition) is 2. The second kappa shape index (κ2) is 13.3. The van der Waals surface area contributed by atoms with Crippen molar-refractivity contribution in [3.05, 3.63) is 121 Å². The zero-order chi connectivity index (χ0) is 33.2. The van der Waals surface area contributed by atoms with Gasteiger partial charge in [0.15, 0.2) is 0 Å². The topological polar surface area (TPSA) is 133 Å². The maximum Gasteiger partial charge on any atom is 0.256 e. The molecule has 2 atom stereocenters. The molecule has 2 aliphatic heterocycles. The van der Waals surface area contributed by atoms with Gasteiger partial charge < -0.3 is 20.1 Å². The Balaban J connectivity index is 0.899. The van der Waals surface area contributed by atoms with Gasteiger partial charge in [0.2, 0.25) is 5.95 Å². The van der Waals surface area contributed by atoms with Gasteiger partial charge in [-0.05, 0) is 77.9 Å². The first-order valence-electron chi connectivity index (χ1n) is 16.6. The van der Waals surface area contributed by atoms with Gasteiger partial charge in [-0.15, -0.1) is 0 Å². The first-order valence-corrected chi connectivity index (χ1v) is 16.6. The standard InChI is InChI=1S/C38H35N9O2/c48-36(30-4-1-12-39-19-30)46-15-11-25(24-46)18-42-38-43-21-32(22-44-38)28-8-7-27-17-29(10-9-26(27)16-28)33-23-41-35(45-33)34-6-3-14-47(34)37(49)31-5-2-13-40-20-31/h1-2,4-5,7-10,12-13,16-17,19-23,25,34H,3,6,11,14-15,18,24H2,(H,41,45)(H,42,43,44)/t25-,34+/m1/s1. The average Bonchev–Trinajstić information content (AvgIpc) is 3.96. The maximum atomic E-state index is 13.2. The lowest BCUT2D eigenvalue weighted by Gasteiger charge is -2.23. The third-order valence-corrected chi connectivity index (χ3v) is 9.50. The Bertz CT molecular complexity index is 2100. The number of amides is 2. The van der Waals surface area contributed by atoms with Gasteiger partial charge in [-0.25, -0.2) is 15.0 Å². The third-order valence-electron chi connectivity index (χ3n) is 9.50. The predicted molar refractivity (Wildman–Crippen MR) is 187 cm³/mol. The molecule has 8 rings (SSSR count). The minimum atomic E-state index is -0.0880. The number of hydrogen-bond acceptors (Lipinski definition) is 8. The summed E-state index contributed by atoms with van der Waals surface area (Å²) >= 11 is 0. The van der Waals surface area contributed by atoms with Gasteiger partial charge in [0.25, 0.3) is 11.8 Å². The molecular weight excluding hydrogens is 614 g/mol. The summed E-state index contributed by atoms with van der Waals surface area (Å²) in [6.45, 7) is 2.84. The second-order valence-corrected chi connectivity index (χ2v) is 12.7. The van der Waals surface area contributed by atoms with Gasteiger partial charge in [-0.2, -0.15) is 0 Å². The monoisotopic (exact) mass is 649 g/mol. The Hall–Kier alpha value is -5.97. The number of imidazole rings is 1. The SMILES string of the molecule is O=C(c1cccnc1)N1CC[C@H](CNc2ncc(-c3ccc4cc(-c5cnc([C@@H]6CCCN6C(=O)c6cccnc6)[nH]5)ccc4c3)cn2)C1. The Morgan fingerprint density at radius 3 is 2.20 bits per heavy atom. The highest BCUT2D eigenvalue weighted by Gasteiger charge is 2.33. The molecule has 11 nitrogen and oxygen atoms in total. The van der Waals surface area contributed by atoms with Gasteiger partial charge >= 0.3 is 0 Å². The Morgan fingerprint density at radius 2 is 1.47 bits per heavy atom. The largest absolute Gasteiger partial charge is 0.354 e. The van der Waals surface area contributed by atoms with E-state index in [4.69, 9.17) is 4.98 Å². The van der Waals surface area contributed by atoms with Crippen molar-refractivity contribution in [1.29, 1.82) is 0 Å². The number of nitrogens with zero attached hydrogens (tertiary/aromatic N) is 7. The van der Waals surface area contributed by atoms with E-state index in [1.165, 1.54) is 0 Å². The van der Waals surface area contributed by atoms with E-state index in [1.807, 2.05) is 28.4 Å². The molecule has 0 bridgehead atoms. The summed E-state index contributed by atoms with van der Waals surface area (Å²) in [7, 11) is 0. The van der Waals surface area contributed by atoms with Crippen LogP contribution in [0.5, 0.6) is 0 Å². The second-order valence-electron chi connectivity index (χ2n) is 12.7. The maximum absolute atomic E-state index is 13.2. The van der Waals surface area contributed by atoms with Crippen molar-refractivity contribution in [2.75, 3.05) is 31.5 Å². The molecule has 49 heavy (non-hydrogen) atoms.